The summed E-state index contributed by atoms with van der Waals surface area (Å²) in [6.07, 6.45) is 0. The number of aliphatic hydroxyl groups excluding tert-OH is 1. The van der Waals surface area contributed by atoms with Crippen molar-refractivity contribution in [3.05, 3.63) is 28.7 Å². The van der Waals surface area contributed by atoms with Crippen molar-refractivity contribution >= 4 is 22.8 Å². The fraction of sp³-hybridized carbons (Fsp3) is 0.429. The van der Waals surface area contributed by atoms with Gasteiger partial charge in [-0.2, -0.15) is 0 Å². The van der Waals surface area contributed by atoms with Gasteiger partial charge in [0.1, 0.15) is 0 Å². The summed E-state index contributed by atoms with van der Waals surface area (Å²) in [6, 6.07) is 4.46. The molecule has 7 nitrogen and oxygen atoms in total. The molecule has 0 saturated carbocycles. The van der Waals surface area contributed by atoms with Crippen molar-refractivity contribution in [3.8, 4) is 0 Å². The topological polar surface area (TPSA) is 96.5 Å². The second-order valence-electron chi connectivity index (χ2n) is 5.16. The van der Waals surface area contributed by atoms with Gasteiger partial charge in [-0.15, -0.1) is 0 Å². The molecule has 114 valence electrons. The molecule has 0 aliphatic heterocycles. The van der Waals surface area contributed by atoms with Crippen LogP contribution in [0.15, 0.2) is 27.4 Å². The molecule has 0 saturated heterocycles. The minimum atomic E-state index is -0.447. The summed E-state index contributed by atoms with van der Waals surface area (Å²) in [5.41, 5.74) is 1.60. The second kappa shape index (κ2) is 6.01. The maximum absolute atomic E-state index is 11.9. The largest absolute Gasteiger partial charge is 0.419 e. The summed E-state index contributed by atoms with van der Waals surface area (Å²) in [4.78, 5) is 23.2. The Bertz CT molecular complexity index is 704. The van der Waals surface area contributed by atoms with Crippen LogP contribution in [0.3, 0.4) is 0 Å². The van der Waals surface area contributed by atoms with E-state index in [0.29, 0.717) is 16.8 Å². The molecule has 1 aromatic heterocycles. The van der Waals surface area contributed by atoms with Crippen LogP contribution in [0, 0.1) is 5.92 Å². The number of benzene rings is 1. The number of aliphatic hydroxyl groups is 1. The Kier molecular flexibility index (Phi) is 4.32. The first-order valence-corrected chi connectivity index (χ1v) is 6.70. The van der Waals surface area contributed by atoms with Gasteiger partial charge in [-0.05, 0) is 25.0 Å². The highest BCUT2D eigenvalue weighted by Gasteiger charge is 2.14. The van der Waals surface area contributed by atoms with Crippen LogP contribution in [0.2, 0.25) is 0 Å². The maximum atomic E-state index is 11.9. The van der Waals surface area contributed by atoms with Crippen molar-refractivity contribution < 1.29 is 14.3 Å². The summed E-state index contributed by atoms with van der Waals surface area (Å²) in [5, 5.41) is 14.4. The fourth-order valence-electron chi connectivity index (χ4n) is 1.89. The van der Waals surface area contributed by atoms with Crippen molar-refractivity contribution in [1.29, 1.82) is 0 Å². The molecule has 2 amide bonds. The molecule has 0 radical (unpaired) electrons. The first-order valence-electron chi connectivity index (χ1n) is 6.70. The number of nitrogens with zero attached hydrogens (tertiary/aromatic N) is 1. The fourth-order valence-corrected chi connectivity index (χ4v) is 1.89. The van der Waals surface area contributed by atoms with Crippen LogP contribution in [0.5, 0.6) is 0 Å². The number of oxazole rings is 1. The van der Waals surface area contributed by atoms with E-state index >= 15 is 0 Å². The predicted molar refractivity (Wildman–Crippen MR) is 79.3 cm³/mol. The lowest BCUT2D eigenvalue weighted by molar-refractivity contribution is 0.204. The quantitative estimate of drug-likeness (QED) is 0.791. The second-order valence-corrected chi connectivity index (χ2v) is 5.16. The Balaban J connectivity index is 2.09. The van der Waals surface area contributed by atoms with Gasteiger partial charge in [0, 0.05) is 31.5 Å². The van der Waals surface area contributed by atoms with E-state index in [2.05, 4.69) is 10.6 Å². The number of carbonyl (C=O) groups is 1. The minimum Gasteiger partial charge on any atom is -0.408 e. The van der Waals surface area contributed by atoms with Crippen LogP contribution in [0.1, 0.15) is 13.8 Å². The molecule has 21 heavy (non-hydrogen) atoms. The summed E-state index contributed by atoms with van der Waals surface area (Å²) < 4.78 is 6.45. The lowest BCUT2D eigenvalue weighted by atomic mass is 10.1. The Labute approximate surface area is 121 Å². The summed E-state index contributed by atoms with van der Waals surface area (Å²) in [6.45, 7) is 3.66. The van der Waals surface area contributed by atoms with Gasteiger partial charge in [-0.3, -0.25) is 4.57 Å². The van der Waals surface area contributed by atoms with Gasteiger partial charge < -0.3 is 20.2 Å². The third kappa shape index (κ3) is 3.25. The molecule has 0 fully saturated rings. The molecule has 3 N–H and O–H groups in total. The first kappa shape index (κ1) is 15.1. The monoisotopic (exact) mass is 293 g/mol. The molecular weight excluding hydrogens is 274 g/mol. The van der Waals surface area contributed by atoms with E-state index in [-0.39, 0.29) is 24.6 Å². The molecule has 0 aliphatic rings. The van der Waals surface area contributed by atoms with E-state index in [1.165, 1.54) is 4.57 Å². The SMILES string of the molecule is CC(CO)C(C)NC(=O)Nc1ccc2c(c1)oc(=O)n2C. The third-order valence-corrected chi connectivity index (χ3v) is 3.55. The molecule has 2 atom stereocenters. The smallest absolute Gasteiger partial charge is 0.408 e. The number of nitrogens with one attached hydrogen (secondary N) is 2. The zero-order chi connectivity index (χ0) is 15.6. The number of aryl methyl sites for hydroxylation is 1. The first-order chi connectivity index (χ1) is 9.92. The van der Waals surface area contributed by atoms with Crippen molar-refractivity contribution in [2.45, 2.75) is 19.9 Å². The van der Waals surface area contributed by atoms with Crippen molar-refractivity contribution in [3.63, 3.8) is 0 Å². The van der Waals surface area contributed by atoms with E-state index in [0.717, 1.165) is 0 Å². The number of aromatic nitrogens is 1. The Morgan fingerprint density at radius 2 is 2.14 bits per heavy atom. The number of fused-ring (bicyclic) bond motifs is 1. The molecule has 2 rings (SSSR count). The predicted octanol–water partition coefficient (Wildman–Crippen LogP) is 1.27. The highest BCUT2D eigenvalue weighted by Crippen LogP contribution is 2.17. The molecular formula is C14H19N3O4. The van der Waals surface area contributed by atoms with Crippen LogP contribution in [-0.4, -0.2) is 28.4 Å². The van der Waals surface area contributed by atoms with Gasteiger partial charge in [-0.1, -0.05) is 6.92 Å². The number of anilines is 1. The van der Waals surface area contributed by atoms with Crippen LogP contribution < -0.4 is 16.4 Å². The normalized spacial score (nSPS) is 13.9. The van der Waals surface area contributed by atoms with Crippen LogP contribution in [0.4, 0.5) is 10.5 Å². The van der Waals surface area contributed by atoms with E-state index in [4.69, 9.17) is 9.52 Å². The lowest BCUT2D eigenvalue weighted by Crippen LogP contribution is -2.40. The zero-order valence-electron chi connectivity index (χ0n) is 12.2. The molecule has 1 aromatic carbocycles. The minimum absolute atomic E-state index is 0.00256. The van der Waals surface area contributed by atoms with E-state index < -0.39 is 5.76 Å². The van der Waals surface area contributed by atoms with E-state index in [9.17, 15) is 9.59 Å². The van der Waals surface area contributed by atoms with Gasteiger partial charge in [0.05, 0.1) is 5.52 Å². The summed E-state index contributed by atoms with van der Waals surface area (Å²) in [7, 11) is 1.62. The number of hydrogen-bond acceptors (Lipinski definition) is 4. The van der Waals surface area contributed by atoms with Crippen molar-refractivity contribution in [2.24, 2.45) is 13.0 Å². The van der Waals surface area contributed by atoms with Gasteiger partial charge in [-0.25, -0.2) is 9.59 Å². The zero-order valence-corrected chi connectivity index (χ0v) is 12.2. The van der Waals surface area contributed by atoms with E-state index in [1.54, 1.807) is 25.2 Å². The highest BCUT2D eigenvalue weighted by atomic mass is 16.4. The lowest BCUT2D eigenvalue weighted by Gasteiger charge is -2.19. The average Bonchev–Trinajstić information content (AvgIpc) is 2.72. The summed E-state index contributed by atoms with van der Waals surface area (Å²) >= 11 is 0. The van der Waals surface area contributed by atoms with Gasteiger partial charge >= 0.3 is 11.8 Å². The van der Waals surface area contributed by atoms with Crippen LogP contribution in [-0.2, 0) is 7.05 Å². The number of rotatable bonds is 4. The molecule has 0 spiro atoms. The molecule has 7 heteroatoms. The Morgan fingerprint density at radius 1 is 1.43 bits per heavy atom. The number of amides is 2. The van der Waals surface area contributed by atoms with Gasteiger partial charge in [0.15, 0.2) is 5.58 Å². The number of carbonyl (C=O) groups excluding carboxylic acids is 1. The Hall–Kier alpha value is -2.28. The highest BCUT2D eigenvalue weighted by molar-refractivity contribution is 5.91. The standard InChI is InChI=1S/C14H19N3O4/c1-8(7-18)9(2)15-13(19)16-10-4-5-11-12(6-10)21-14(20)17(11)3/h4-6,8-9,18H,7H2,1-3H3,(H2,15,16,19). The van der Waals surface area contributed by atoms with Crippen molar-refractivity contribution in [2.75, 3.05) is 11.9 Å². The van der Waals surface area contributed by atoms with E-state index in [1.807, 2.05) is 13.8 Å². The molecule has 0 aliphatic carbocycles. The number of hydrogen-bond donors (Lipinski definition) is 3. The third-order valence-electron chi connectivity index (χ3n) is 3.55. The average molecular weight is 293 g/mol. The maximum Gasteiger partial charge on any atom is 0.419 e. The molecule has 2 aromatic rings. The van der Waals surface area contributed by atoms with Gasteiger partial charge in [0.25, 0.3) is 0 Å². The van der Waals surface area contributed by atoms with Crippen LogP contribution >= 0.6 is 0 Å². The molecule has 2 unspecified atom stereocenters. The van der Waals surface area contributed by atoms with Crippen molar-refractivity contribution in [1.82, 2.24) is 9.88 Å². The molecule has 0 bridgehead atoms. The Morgan fingerprint density at radius 3 is 2.81 bits per heavy atom. The van der Waals surface area contributed by atoms with Crippen LogP contribution in [0.25, 0.3) is 11.1 Å². The molecule has 1 heterocycles. The summed E-state index contributed by atoms with van der Waals surface area (Å²) in [5.74, 6) is -0.484. The number of urea groups is 1. The van der Waals surface area contributed by atoms with Gasteiger partial charge in [0.2, 0.25) is 0 Å².